The van der Waals surface area contributed by atoms with Crippen LogP contribution in [0.5, 0.6) is 0 Å². The molecule has 0 aromatic heterocycles. The molecule has 4 unspecified atom stereocenters. The van der Waals surface area contributed by atoms with Crippen molar-refractivity contribution in [3.05, 3.63) is 0 Å². The molecule has 1 saturated carbocycles. The lowest BCUT2D eigenvalue weighted by Gasteiger charge is -2.24. The summed E-state index contributed by atoms with van der Waals surface area (Å²) >= 11 is 0. The van der Waals surface area contributed by atoms with Crippen molar-refractivity contribution in [2.75, 3.05) is 0 Å². The van der Waals surface area contributed by atoms with Gasteiger partial charge < -0.3 is 5.32 Å². The van der Waals surface area contributed by atoms with Crippen molar-refractivity contribution in [1.82, 2.24) is 5.32 Å². The van der Waals surface area contributed by atoms with E-state index < -0.39 is 0 Å². The van der Waals surface area contributed by atoms with Crippen molar-refractivity contribution in [3.63, 3.8) is 0 Å². The summed E-state index contributed by atoms with van der Waals surface area (Å²) in [5.41, 5.74) is 0. The van der Waals surface area contributed by atoms with Crippen LogP contribution in [-0.4, -0.2) is 12.1 Å². The molecule has 0 saturated heterocycles. The molecule has 0 aromatic rings. The summed E-state index contributed by atoms with van der Waals surface area (Å²) in [7, 11) is 0. The average Bonchev–Trinajstić information content (AvgIpc) is 2.48. The first-order valence-electron chi connectivity index (χ1n) is 6.45. The first-order chi connectivity index (χ1) is 6.69. The van der Waals surface area contributed by atoms with Crippen LogP contribution in [-0.2, 0) is 0 Å². The summed E-state index contributed by atoms with van der Waals surface area (Å²) in [6, 6.07) is 1.50. The number of nitrogens with one attached hydrogen (secondary N) is 1. The summed E-state index contributed by atoms with van der Waals surface area (Å²) in [6.07, 6.45) is 6.82. The molecule has 1 aliphatic carbocycles. The minimum Gasteiger partial charge on any atom is -0.311 e. The van der Waals surface area contributed by atoms with E-state index >= 15 is 0 Å². The lowest BCUT2D eigenvalue weighted by atomic mass is 9.93. The van der Waals surface area contributed by atoms with E-state index in [0.717, 1.165) is 17.9 Å². The van der Waals surface area contributed by atoms with Crippen LogP contribution in [0.4, 0.5) is 0 Å². The number of hydrogen-bond acceptors (Lipinski definition) is 1. The Morgan fingerprint density at radius 3 is 2.50 bits per heavy atom. The van der Waals surface area contributed by atoms with E-state index in [1.165, 1.54) is 32.1 Å². The van der Waals surface area contributed by atoms with Gasteiger partial charge in [-0.1, -0.05) is 33.6 Å². The molecular formula is C13H27N. The largest absolute Gasteiger partial charge is 0.311 e. The number of rotatable bonds is 5. The minimum absolute atomic E-state index is 0.711. The third-order valence-electron chi connectivity index (χ3n) is 3.97. The van der Waals surface area contributed by atoms with Crippen molar-refractivity contribution in [2.24, 2.45) is 11.8 Å². The second-order valence-corrected chi connectivity index (χ2v) is 5.07. The molecule has 0 aromatic carbocycles. The maximum absolute atomic E-state index is 3.79. The quantitative estimate of drug-likeness (QED) is 0.710. The molecule has 0 bridgehead atoms. The Balaban J connectivity index is 2.32. The molecule has 0 aliphatic heterocycles. The molecule has 1 fully saturated rings. The van der Waals surface area contributed by atoms with Crippen LogP contribution < -0.4 is 5.32 Å². The summed E-state index contributed by atoms with van der Waals surface area (Å²) in [5.74, 6) is 1.86. The average molecular weight is 197 g/mol. The Morgan fingerprint density at radius 1 is 1.29 bits per heavy atom. The Labute approximate surface area is 89.7 Å². The molecule has 0 amide bonds. The second-order valence-electron chi connectivity index (χ2n) is 5.07. The van der Waals surface area contributed by atoms with E-state index in [9.17, 15) is 0 Å². The van der Waals surface area contributed by atoms with Gasteiger partial charge in [0.05, 0.1) is 0 Å². The van der Waals surface area contributed by atoms with E-state index in [0.29, 0.717) is 6.04 Å². The van der Waals surface area contributed by atoms with Crippen LogP contribution >= 0.6 is 0 Å². The van der Waals surface area contributed by atoms with E-state index in [1.54, 1.807) is 0 Å². The Morgan fingerprint density at radius 2 is 2.00 bits per heavy atom. The molecule has 0 spiro atoms. The van der Waals surface area contributed by atoms with Crippen molar-refractivity contribution < 1.29 is 0 Å². The topological polar surface area (TPSA) is 12.0 Å². The van der Waals surface area contributed by atoms with Crippen LogP contribution in [0.1, 0.15) is 59.8 Å². The van der Waals surface area contributed by atoms with E-state index in [4.69, 9.17) is 0 Å². The van der Waals surface area contributed by atoms with Gasteiger partial charge in [0.25, 0.3) is 0 Å². The van der Waals surface area contributed by atoms with Gasteiger partial charge in [0, 0.05) is 12.1 Å². The summed E-state index contributed by atoms with van der Waals surface area (Å²) < 4.78 is 0. The van der Waals surface area contributed by atoms with Crippen molar-refractivity contribution in [3.8, 4) is 0 Å². The zero-order valence-corrected chi connectivity index (χ0v) is 10.3. The van der Waals surface area contributed by atoms with Gasteiger partial charge in [-0.05, 0) is 38.0 Å². The summed E-state index contributed by atoms with van der Waals surface area (Å²) in [4.78, 5) is 0. The van der Waals surface area contributed by atoms with Crippen LogP contribution in [0.2, 0.25) is 0 Å². The fraction of sp³-hybridized carbons (Fsp3) is 1.00. The highest BCUT2D eigenvalue weighted by Crippen LogP contribution is 2.34. The molecule has 14 heavy (non-hydrogen) atoms. The predicted octanol–water partition coefficient (Wildman–Crippen LogP) is 3.59. The normalized spacial score (nSPS) is 34.7. The van der Waals surface area contributed by atoms with Gasteiger partial charge in [0.15, 0.2) is 0 Å². The maximum Gasteiger partial charge on any atom is 0.00979 e. The Kier molecular flexibility index (Phi) is 4.94. The third-order valence-corrected chi connectivity index (χ3v) is 3.97. The van der Waals surface area contributed by atoms with E-state index in [1.807, 2.05) is 0 Å². The van der Waals surface area contributed by atoms with Gasteiger partial charge in [-0.3, -0.25) is 0 Å². The van der Waals surface area contributed by atoms with Crippen LogP contribution in [0, 0.1) is 11.8 Å². The SMILES string of the molecule is CCCC(C)NC1CCC(CC)C1C. The summed E-state index contributed by atoms with van der Waals surface area (Å²) in [5, 5.41) is 3.79. The minimum atomic E-state index is 0.711. The Hall–Kier alpha value is -0.0400. The van der Waals surface area contributed by atoms with Gasteiger partial charge in [0.1, 0.15) is 0 Å². The van der Waals surface area contributed by atoms with Gasteiger partial charge in [-0.15, -0.1) is 0 Å². The number of hydrogen-bond donors (Lipinski definition) is 1. The first kappa shape index (κ1) is 12.0. The van der Waals surface area contributed by atoms with Crippen LogP contribution in [0.25, 0.3) is 0 Å². The zero-order valence-electron chi connectivity index (χ0n) is 10.3. The van der Waals surface area contributed by atoms with Gasteiger partial charge in [0.2, 0.25) is 0 Å². The standard InChI is InChI=1S/C13H27N/c1-5-7-10(3)14-13-9-8-12(6-2)11(13)4/h10-14H,5-9H2,1-4H3. The monoisotopic (exact) mass is 197 g/mol. The highest BCUT2D eigenvalue weighted by molar-refractivity contribution is 4.87. The molecule has 0 radical (unpaired) electrons. The molecular weight excluding hydrogens is 170 g/mol. The lowest BCUT2D eigenvalue weighted by molar-refractivity contribution is 0.319. The van der Waals surface area contributed by atoms with E-state index in [-0.39, 0.29) is 0 Å². The highest BCUT2D eigenvalue weighted by atomic mass is 15.0. The fourth-order valence-electron chi connectivity index (χ4n) is 2.94. The van der Waals surface area contributed by atoms with Crippen molar-refractivity contribution >= 4 is 0 Å². The van der Waals surface area contributed by atoms with Crippen LogP contribution in [0.3, 0.4) is 0 Å². The highest BCUT2D eigenvalue weighted by Gasteiger charge is 2.31. The smallest absolute Gasteiger partial charge is 0.00979 e. The molecule has 84 valence electrons. The van der Waals surface area contributed by atoms with Gasteiger partial charge >= 0.3 is 0 Å². The third kappa shape index (κ3) is 2.98. The van der Waals surface area contributed by atoms with Gasteiger partial charge in [-0.2, -0.15) is 0 Å². The first-order valence-corrected chi connectivity index (χ1v) is 6.45. The zero-order chi connectivity index (χ0) is 10.6. The molecule has 1 nitrogen and oxygen atoms in total. The molecule has 4 atom stereocenters. The molecule has 1 heteroatoms. The molecule has 1 N–H and O–H groups in total. The fourth-order valence-corrected chi connectivity index (χ4v) is 2.94. The lowest BCUT2D eigenvalue weighted by Crippen LogP contribution is -2.38. The maximum atomic E-state index is 3.79. The molecule has 0 heterocycles. The summed E-state index contributed by atoms with van der Waals surface area (Å²) in [6.45, 7) is 9.36. The van der Waals surface area contributed by atoms with Crippen LogP contribution in [0.15, 0.2) is 0 Å². The van der Waals surface area contributed by atoms with E-state index in [2.05, 4.69) is 33.0 Å². The van der Waals surface area contributed by atoms with Crippen molar-refractivity contribution in [2.45, 2.75) is 71.9 Å². The van der Waals surface area contributed by atoms with Gasteiger partial charge in [-0.25, -0.2) is 0 Å². The molecule has 1 aliphatic rings. The second kappa shape index (κ2) is 5.75. The predicted molar refractivity (Wildman–Crippen MR) is 63.5 cm³/mol. The molecule has 1 rings (SSSR count). The Bertz CT molecular complexity index is 155. The van der Waals surface area contributed by atoms with Crippen molar-refractivity contribution in [1.29, 1.82) is 0 Å².